The van der Waals surface area contributed by atoms with Gasteiger partial charge in [-0.25, -0.2) is 0 Å². The van der Waals surface area contributed by atoms with E-state index in [9.17, 15) is 0 Å². The molecule has 2 N–H and O–H groups in total. The van der Waals surface area contributed by atoms with E-state index < -0.39 is 0 Å². The van der Waals surface area contributed by atoms with Gasteiger partial charge in [-0.3, -0.25) is 0 Å². The summed E-state index contributed by atoms with van der Waals surface area (Å²) in [6.07, 6.45) is 5.08. The highest BCUT2D eigenvalue weighted by atomic mass is 15.1. The van der Waals surface area contributed by atoms with Gasteiger partial charge in [-0.1, -0.05) is 60.7 Å². The Labute approximate surface area is 139 Å². The van der Waals surface area contributed by atoms with Crippen LogP contribution in [0.2, 0.25) is 0 Å². The molecule has 2 fully saturated rings. The largest absolute Gasteiger partial charge is 0.309 e. The smallest absolute Gasteiger partial charge is 0.0505 e. The molecule has 23 heavy (non-hydrogen) atoms. The monoisotopic (exact) mass is 306 g/mol. The first-order valence-electron chi connectivity index (χ1n) is 8.96. The van der Waals surface area contributed by atoms with E-state index in [4.69, 9.17) is 0 Å². The minimum absolute atomic E-state index is 0.227. The predicted octanol–water partition coefficient (Wildman–Crippen LogP) is 4.02. The summed E-state index contributed by atoms with van der Waals surface area (Å²) in [7, 11) is 0. The van der Waals surface area contributed by atoms with Crippen molar-refractivity contribution < 1.29 is 0 Å². The summed E-state index contributed by atoms with van der Waals surface area (Å²) < 4.78 is 0. The van der Waals surface area contributed by atoms with Gasteiger partial charge in [-0.15, -0.1) is 0 Å². The van der Waals surface area contributed by atoms with E-state index in [1.54, 1.807) is 0 Å². The Kier molecular flexibility index (Phi) is 4.19. The Balaban J connectivity index is 1.54. The molecule has 0 aromatic heterocycles. The van der Waals surface area contributed by atoms with Gasteiger partial charge in [0.15, 0.2) is 0 Å². The first-order valence-corrected chi connectivity index (χ1v) is 8.96. The molecule has 2 saturated heterocycles. The molecule has 3 unspecified atom stereocenters. The van der Waals surface area contributed by atoms with Crippen molar-refractivity contribution in [1.29, 1.82) is 0 Å². The van der Waals surface area contributed by atoms with Crippen LogP contribution in [0, 0.1) is 0 Å². The molecule has 1 spiro atoms. The van der Waals surface area contributed by atoms with E-state index in [0.29, 0.717) is 12.0 Å². The molecule has 2 heterocycles. The van der Waals surface area contributed by atoms with E-state index in [0.717, 1.165) is 13.1 Å². The molecular weight excluding hydrogens is 280 g/mol. The highest BCUT2D eigenvalue weighted by Crippen LogP contribution is 2.41. The Morgan fingerprint density at radius 3 is 2.17 bits per heavy atom. The van der Waals surface area contributed by atoms with Crippen molar-refractivity contribution in [3.63, 3.8) is 0 Å². The quantitative estimate of drug-likeness (QED) is 0.876. The van der Waals surface area contributed by atoms with Crippen LogP contribution in [0.25, 0.3) is 0 Å². The molecule has 0 aliphatic carbocycles. The number of piperidine rings is 2. The molecule has 120 valence electrons. The van der Waals surface area contributed by atoms with Gasteiger partial charge in [-0.2, -0.15) is 0 Å². The van der Waals surface area contributed by atoms with Gasteiger partial charge in [-0.05, 0) is 49.3 Å². The molecule has 0 saturated carbocycles. The maximum absolute atomic E-state index is 3.97. The molecule has 0 amide bonds. The normalized spacial score (nSPS) is 31.1. The molecule has 2 aromatic rings. The Morgan fingerprint density at radius 1 is 0.826 bits per heavy atom. The molecule has 2 aliphatic rings. The summed E-state index contributed by atoms with van der Waals surface area (Å²) in [6.45, 7) is 2.22. The van der Waals surface area contributed by atoms with Crippen molar-refractivity contribution in [3.05, 3.63) is 71.8 Å². The molecule has 0 bridgehead atoms. The number of benzene rings is 2. The van der Waals surface area contributed by atoms with E-state index in [1.165, 1.54) is 36.8 Å². The van der Waals surface area contributed by atoms with Crippen LogP contribution < -0.4 is 10.6 Å². The Morgan fingerprint density at radius 2 is 1.52 bits per heavy atom. The molecule has 0 radical (unpaired) electrons. The topological polar surface area (TPSA) is 24.1 Å². The lowest BCUT2D eigenvalue weighted by atomic mass is 9.71. The predicted molar refractivity (Wildman–Crippen MR) is 95.6 cm³/mol. The third-order valence-electron chi connectivity index (χ3n) is 5.74. The average molecular weight is 306 g/mol. The summed E-state index contributed by atoms with van der Waals surface area (Å²) >= 11 is 0. The second-order valence-corrected chi connectivity index (χ2v) is 7.08. The Bertz CT molecular complexity index is 615. The minimum atomic E-state index is 0.227. The number of hydrogen-bond acceptors (Lipinski definition) is 2. The molecule has 2 aromatic carbocycles. The van der Waals surface area contributed by atoms with Gasteiger partial charge in [0.05, 0.1) is 6.04 Å². The Hall–Kier alpha value is -1.64. The molecule has 2 aliphatic heterocycles. The lowest BCUT2D eigenvalue weighted by Crippen LogP contribution is -2.60. The summed E-state index contributed by atoms with van der Waals surface area (Å²) in [5.41, 5.74) is 3.14. The SMILES string of the molecule is c1ccc(C2CCC3(CCCNC3c3ccccc3)NC2)cc1. The van der Waals surface area contributed by atoms with Crippen molar-refractivity contribution in [2.24, 2.45) is 0 Å². The van der Waals surface area contributed by atoms with Gasteiger partial charge in [0.2, 0.25) is 0 Å². The van der Waals surface area contributed by atoms with Gasteiger partial charge >= 0.3 is 0 Å². The highest BCUT2D eigenvalue weighted by molar-refractivity contribution is 5.27. The molecule has 4 rings (SSSR count). The third kappa shape index (κ3) is 2.93. The lowest BCUT2D eigenvalue weighted by molar-refractivity contribution is 0.132. The summed E-state index contributed by atoms with van der Waals surface area (Å²) in [6, 6.07) is 22.4. The van der Waals surface area contributed by atoms with Crippen molar-refractivity contribution in [3.8, 4) is 0 Å². The number of hydrogen-bond donors (Lipinski definition) is 2. The van der Waals surface area contributed by atoms with Crippen LogP contribution in [0.15, 0.2) is 60.7 Å². The lowest BCUT2D eigenvalue weighted by Gasteiger charge is -2.50. The number of rotatable bonds is 2. The van der Waals surface area contributed by atoms with E-state index in [-0.39, 0.29) is 5.54 Å². The van der Waals surface area contributed by atoms with Crippen molar-refractivity contribution in [2.45, 2.75) is 43.2 Å². The maximum Gasteiger partial charge on any atom is 0.0505 e. The zero-order valence-electron chi connectivity index (χ0n) is 13.7. The van der Waals surface area contributed by atoms with Crippen LogP contribution in [0.1, 0.15) is 48.8 Å². The summed E-state index contributed by atoms with van der Waals surface area (Å²) in [4.78, 5) is 0. The van der Waals surface area contributed by atoms with E-state index >= 15 is 0 Å². The summed E-state index contributed by atoms with van der Waals surface area (Å²) in [5, 5.41) is 7.76. The summed E-state index contributed by atoms with van der Waals surface area (Å²) in [5.74, 6) is 0.653. The van der Waals surface area contributed by atoms with Crippen LogP contribution in [-0.2, 0) is 0 Å². The molecule has 2 nitrogen and oxygen atoms in total. The number of nitrogens with one attached hydrogen (secondary N) is 2. The highest BCUT2D eigenvalue weighted by Gasteiger charge is 2.43. The maximum atomic E-state index is 3.97. The third-order valence-corrected chi connectivity index (χ3v) is 5.74. The van der Waals surface area contributed by atoms with Crippen molar-refractivity contribution >= 4 is 0 Å². The average Bonchev–Trinajstić information content (AvgIpc) is 2.64. The first kappa shape index (κ1) is 14.9. The van der Waals surface area contributed by atoms with Gasteiger partial charge in [0, 0.05) is 12.1 Å². The zero-order chi connectivity index (χ0) is 15.5. The van der Waals surface area contributed by atoms with Crippen LogP contribution in [0.4, 0.5) is 0 Å². The van der Waals surface area contributed by atoms with Crippen LogP contribution in [0.5, 0.6) is 0 Å². The molecule has 2 heteroatoms. The van der Waals surface area contributed by atoms with Crippen molar-refractivity contribution in [1.82, 2.24) is 10.6 Å². The molecular formula is C21H26N2. The van der Waals surface area contributed by atoms with Crippen LogP contribution in [-0.4, -0.2) is 18.6 Å². The van der Waals surface area contributed by atoms with Gasteiger partial charge < -0.3 is 10.6 Å². The van der Waals surface area contributed by atoms with Gasteiger partial charge in [0.25, 0.3) is 0 Å². The standard InChI is InChI=1S/C21H26N2/c1-3-8-17(9-4-1)19-12-14-21(23-16-19)13-7-15-22-20(21)18-10-5-2-6-11-18/h1-6,8-11,19-20,22-23H,7,12-16H2. The van der Waals surface area contributed by atoms with Crippen LogP contribution >= 0.6 is 0 Å². The minimum Gasteiger partial charge on any atom is -0.309 e. The first-order chi connectivity index (χ1) is 11.4. The molecule has 3 atom stereocenters. The second kappa shape index (κ2) is 6.46. The zero-order valence-corrected chi connectivity index (χ0v) is 13.7. The van der Waals surface area contributed by atoms with E-state index in [1.807, 2.05) is 0 Å². The van der Waals surface area contributed by atoms with E-state index in [2.05, 4.69) is 71.3 Å². The second-order valence-electron chi connectivity index (χ2n) is 7.08. The van der Waals surface area contributed by atoms with Crippen LogP contribution in [0.3, 0.4) is 0 Å². The van der Waals surface area contributed by atoms with Gasteiger partial charge in [0.1, 0.15) is 0 Å². The fourth-order valence-electron chi connectivity index (χ4n) is 4.49. The van der Waals surface area contributed by atoms with Crippen molar-refractivity contribution in [2.75, 3.05) is 13.1 Å². The fraction of sp³-hybridized carbons (Fsp3) is 0.429. The fourth-order valence-corrected chi connectivity index (χ4v) is 4.49.